The number of esters is 2. The highest BCUT2D eigenvalue weighted by Gasteiger charge is 2.47. The summed E-state index contributed by atoms with van der Waals surface area (Å²) in [6, 6.07) is -15.1. The quantitative estimate of drug-likeness (QED) is 0.0348. The van der Waals surface area contributed by atoms with Crippen LogP contribution in [0.2, 0.25) is 0 Å². The molecular weight excluding hydrogens is 1320 g/mol. The summed E-state index contributed by atoms with van der Waals surface area (Å²) in [6.45, 7) is 28.7. The largest absolute Gasteiger partial charge is 0.468 e. The molecule has 0 unspecified atom stereocenters. The fraction of sp³-hybridized carbons (Fsp3) is 0.792. The summed E-state index contributed by atoms with van der Waals surface area (Å²) in [4.78, 5) is 198. The second kappa shape index (κ2) is 42.6. The minimum absolute atomic E-state index is 0.0138. The average Bonchev–Trinajstić information content (AvgIpc) is 0.805. The van der Waals surface area contributed by atoms with Crippen molar-refractivity contribution in [3.8, 4) is 0 Å². The van der Waals surface area contributed by atoms with Gasteiger partial charge >= 0.3 is 11.9 Å². The molecule has 11 amide bonds. The molecule has 0 aromatic carbocycles. The summed E-state index contributed by atoms with van der Waals surface area (Å²) in [5.41, 5.74) is -1.66. The van der Waals surface area contributed by atoms with Gasteiger partial charge in [0.1, 0.15) is 66.5 Å². The number of likely N-dealkylation sites (N-methyl/N-ethyl adjacent to an activating group) is 7. The number of carbonyl (C=O) groups is 13. The molecule has 101 heavy (non-hydrogen) atoms. The van der Waals surface area contributed by atoms with Crippen LogP contribution in [0.1, 0.15) is 175 Å². The topological polar surface area (TPSA) is 352 Å². The molecule has 0 bridgehead atoms. The number of methoxy groups -OCH3 is 2. The number of rotatable bonds is 24. The minimum atomic E-state index is -1.72. The molecule has 0 spiro atoms. The zero-order valence-corrected chi connectivity index (χ0v) is 66.3. The Labute approximate surface area is 606 Å². The van der Waals surface area contributed by atoms with Crippen LogP contribution in [0.25, 0.3) is 0 Å². The standard InChI is InChI=1S/C72H127N11O17S/c1-27-29-31-45(13)58(84)57-62(88)75-49(28-2)64(90)81(22)54(39-101-35-30-32-48(70(96)99-25)71(97)100-26)67(93)80(21)53(38-72(16,17)98)61(87)76-55(43(9)10)68(94)77(18)50(34-33-40(3)4)60(86)73-46(14)59(85)74-47(15)63(89)78(19)51(36-41(5)6)65(91)79(20)52(37-42(7)8)66(92)82(23)56(44(11)12)69(95)83(57)24/h27,29,40-58,84,98H,28,30-39H2,1-26H3,(H,73,86)(H,74,85)(H,75,88)(H,76,87)/b29-27+/t45-,46-,47+,49+,50-,51-,52+,53+,54-,55-,56+,57+,58-/m1/s1. The Morgan fingerprint density at radius 2 is 0.990 bits per heavy atom. The Hall–Kier alpha value is -6.88. The third kappa shape index (κ3) is 27.0. The minimum Gasteiger partial charge on any atom is -0.468 e. The predicted octanol–water partition coefficient (Wildman–Crippen LogP) is 3.62. The number of hydrogen-bond donors (Lipinski definition) is 6. The molecule has 1 fully saturated rings. The van der Waals surface area contributed by atoms with Gasteiger partial charge in [-0.05, 0) is 127 Å². The zero-order valence-electron chi connectivity index (χ0n) is 65.5. The molecule has 28 nitrogen and oxygen atoms in total. The van der Waals surface area contributed by atoms with Gasteiger partial charge in [0.15, 0.2) is 5.92 Å². The average molecular weight is 1450 g/mol. The highest BCUT2D eigenvalue weighted by Crippen LogP contribution is 2.27. The van der Waals surface area contributed by atoms with Crippen LogP contribution >= 0.6 is 11.8 Å². The molecule has 1 aliphatic heterocycles. The molecule has 0 saturated carbocycles. The van der Waals surface area contributed by atoms with Crippen LogP contribution in [0.5, 0.6) is 0 Å². The monoisotopic (exact) mass is 1450 g/mol. The number of hydrogen-bond acceptors (Lipinski definition) is 18. The van der Waals surface area contributed by atoms with Crippen molar-refractivity contribution in [2.75, 3.05) is 75.1 Å². The van der Waals surface area contributed by atoms with Crippen LogP contribution in [0.3, 0.4) is 0 Å². The summed E-state index contributed by atoms with van der Waals surface area (Å²) in [5, 5.41) is 34.8. The Bertz CT molecular complexity index is 2820. The van der Waals surface area contributed by atoms with E-state index in [9.17, 15) is 39.0 Å². The van der Waals surface area contributed by atoms with Crippen molar-refractivity contribution in [1.29, 1.82) is 0 Å². The Morgan fingerprint density at radius 1 is 0.535 bits per heavy atom. The van der Waals surface area contributed by atoms with E-state index in [0.717, 1.165) is 40.7 Å². The van der Waals surface area contributed by atoms with E-state index in [4.69, 9.17) is 9.47 Å². The highest BCUT2D eigenvalue weighted by atomic mass is 32.2. The Morgan fingerprint density at radius 3 is 1.46 bits per heavy atom. The number of carbonyl (C=O) groups excluding carboxylic acids is 13. The Kier molecular flexibility index (Phi) is 38.9. The maximum atomic E-state index is 15.5. The van der Waals surface area contributed by atoms with Gasteiger partial charge in [0.2, 0.25) is 65.0 Å². The third-order valence-electron chi connectivity index (χ3n) is 18.7. The van der Waals surface area contributed by atoms with E-state index in [-0.39, 0.29) is 74.2 Å². The molecule has 13 atom stereocenters. The first-order valence-electron chi connectivity index (χ1n) is 35.6. The van der Waals surface area contributed by atoms with Crippen LogP contribution < -0.4 is 21.3 Å². The van der Waals surface area contributed by atoms with Crippen molar-refractivity contribution in [3.63, 3.8) is 0 Å². The van der Waals surface area contributed by atoms with E-state index in [0.29, 0.717) is 6.42 Å². The van der Waals surface area contributed by atoms with Gasteiger partial charge in [-0.25, -0.2) is 0 Å². The first-order chi connectivity index (χ1) is 46.7. The maximum Gasteiger partial charge on any atom is 0.320 e. The molecule has 0 aliphatic carbocycles. The molecule has 0 aromatic rings. The van der Waals surface area contributed by atoms with Crippen LogP contribution in [0.4, 0.5) is 0 Å². The molecule has 0 radical (unpaired) electrons. The number of amides is 11. The van der Waals surface area contributed by atoms with Crippen molar-refractivity contribution in [3.05, 3.63) is 12.2 Å². The highest BCUT2D eigenvalue weighted by molar-refractivity contribution is 7.99. The van der Waals surface area contributed by atoms with Crippen LogP contribution in [0.15, 0.2) is 12.2 Å². The van der Waals surface area contributed by atoms with E-state index in [2.05, 4.69) is 21.3 Å². The van der Waals surface area contributed by atoms with Crippen molar-refractivity contribution in [1.82, 2.24) is 55.6 Å². The number of nitrogens with one attached hydrogen (secondary N) is 4. The third-order valence-corrected chi connectivity index (χ3v) is 19.9. The lowest BCUT2D eigenvalue weighted by Gasteiger charge is -2.41. The van der Waals surface area contributed by atoms with Gasteiger partial charge in [0.25, 0.3) is 0 Å². The summed E-state index contributed by atoms with van der Waals surface area (Å²) in [7, 11) is 11.8. The number of thioether (sulfide) groups is 1. The van der Waals surface area contributed by atoms with Crippen LogP contribution in [-0.4, -0.2) is 275 Å². The van der Waals surface area contributed by atoms with E-state index >= 15 is 33.6 Å². The molecule has 578 valence electrons. The summed E-state index contributed by atoms with van der Waals surface area (Å²) < 4.78 is 9.68. The molecule has 1 rings (SSSR count). The van der Waals surface area contributed by atoms with Gasteiger partial charge in [-0.1, -0.05) is 95.2 Å². The lowest BCUT2D eigenvalue weighted by Crippen LogP contribution is -2.64. The van der Waals surface area contributed by atoms with E-state index in [1.807, 2.05) is 41.5 Å². The second-order valence-corrected chi connectivity index (χ2v) is 31.0. The molecular formula is C72H127N11O17S. The number of allylic oxidation sites excluding steroid dienone is 2. The van der Waals surface area contributed by atoms with Crippen LogP contribution in [-0.2, 0) is 71.8 Å². The fourth-order valence-corrected chi connectivity index (χ4v) is 13.4. The smallest absolute Gasteiger partial charge is 0.320 e. The van der Waals surface area contributed by atoms with Gasteiger partial charge in [-0.3, -0.25) is 62.3 Å². The van der Waals surface area contributed by atoms with Crippen molar-refractivity contribution in [2.24, 2.45) is 41.4 Å². The zero-order chi connectivity index (χ0) is 78.2. The number of ether oxygens (including phenoxy) is 2. The van der Waals surface area contributed by atoms with E-state index < -0.39 is 185 Å². The summed E-state index contributed by atoms with van der Waals surface area (Å²) in [5.74, 6) is -13.8. The SMILES string of the molecule is C/C=C/C[C@@H](C)[C@@H](O)[C@H]1C(=O)N[C@@H](CC)C(=O)N(C)[C@H](CSCCCC(C(=O)OC)C(=O)OC)C(=O)N(C)[C@@H](CC(C)(C)O)C(=O)N[C@H](C(C)C)C(=O)N(C)[C@H](CCC(C)C)C(=O)N[C@H](C)C(=O)N[C@@H](C)C(=O)N(C)[C@H](CC(C)C)C(=O)N(C)[C@@H](CC(C)C)C(=O)N(C)[C@@H](C(C)C)C(=O)N1C. The maximum absolute atomic E-state index is 15.5. The number of aliphatic hydroxyl groups excluding tert-OH is 1. The molecule has 1 saturated heterocycles. The Balaban J connectivity index is 4.64. The normalized spacial score (nSPS) is 25.3. The van der Waals surface area contributed by atoms with Gasteiger partial charge in [-0.2, -0.15) is 11.8 Å². The number of nitrogens with zero attached hydrogens (tertiary/aromatic N) is 7. The summed E-state index contributed by atoms with van der Waals surface area (Å²) >= 11 is 1.15. The lowest BCUT2D eigenvalue weighted by atomic mass is 9.91. The van der Waals surface area contributed by atoms with Gasteiger partial charge in [0, 0.05) is 61.5 Å². The molecule has 1 aliphatic rings. The van der Waals surface area contributed by atoms with Crippen LogP contribution in [0, 0.1) is 41.4 Å². The van der Waals surface area contributed by atoms with E-state index in [1.54, 1.807) is 60.6 Å². The second-order valence-electron chi connectivity index (χ2n) is 29.9. The molecule has 6 N–H and O–H groups in total. The van der Waals surface area contributed by atoms with Gasteiger partial charge < -0.3 is 75.3 Å². The molecule has 0 aromatic heterocycles. The first kappa shape index (κ1) is 92.1. The molecule has 29 heteroatoms. The van der Waals surface area contributed by atoms with Crippen molar-refractivity contribution < 1.29 is 82.0 Å². The van der Waals surface area contributed by atoms with E-state index in [1.165, 1.54) is 96.6 Å². The van der Waals surface area contributed by atoms with Gasteiger partial charge in [0.05, 0.1) is 25.9 Å². The number of aliphatic hydroxyl groups is 2. The van der Waals surface area contributed by atoms with Crippen molar-refractivity contribution in [2.45, 2.75) is 254 Å². The van der Waals surface area contributed by atoms with Crippen molar-refractivity contribution >= 4 is 88.7 Å². The molecule has 1 heterocycles. The summed E-state index contributed by atoms with van der Waals surface area (Å²) in [6.07, 6.45) is 2.60. The predicted molar refractivity (Wildman–Crippen MR) is 388 cm³/mol. The first-order valence-corrected chi connectivity index (χ1v) is 36.7. The fourth-order valence-electron chi connectivity index (χ4n) is 12.3. The van der Waals surface area contributed by atoms with Gasteiger partial charge in [-0.15, -0.1) is 0 Å². The lowest BCUT2D eigenvalue weighted by molar-refractivity contribution is -0.159.